The van der Waals surface area contributed by atoms with Gasteiger partial charge in [0, 0.05) is 37.4 Å². The minimum absolute atomic E-state index is 0.00697. The van der Waals surface area contributed by atoms with Gasteiger partial charge in [-0.15, -0.1) is 0 Å². The van der Waals surface area contributed by atoms with Gasteiger partial charge in [0.25, 0.3) is 5.91 Å². The van der Waals surface area contributed by atoms with Crippen LogP contribution in [0.25, 0.3) is 0 Å². The summed E-state index contributed by atoms with van der Waals surface area (Å²) in [5, 5.41) is 0.724. The van der Waals surface area contributed by atoms with Crippen LogP contribution in [-0.2, 0) is 4.74 Å². The number of hydrogen-bond donors (Lipinski definition) is 0. The summed E-state index contributed by atoms with van der Waals surface area (Å²) in [6.07, 6.45) is 5.10. The third-order valence-corrected chi connectivity index (χ3v) is 5.52. The van der Waals surface area contributed by atoms with E-state index < -0.39 is 0 Å². The van der Waals surface area contributed by atoms with E-state index in [0.29, 0.717) is 12.2 Å². The van der Waals surface area contributed by atoms with E-state index in [0.717, 1.165) is 55.4 Å². The minimum atomic E-state index is -0.00697. The van der Waals surface area contributed by atoms with E-state index >= 15 is 0 Å². The van der Waals surface area contributed by atoms with Gasteiger partial charge in [-0.3, -0.25) is 4.79 Å². The summed E-state index contributed by atoms with van der Waals surface area (Å²) in [5.74, 6) is 0.974. The first-order valence-electron chi connectivity index (χ1n) is 9.58. The molecule has 6 heteroatoms. The maximum atomic E-state index is 12.6. The number of benzene rings is 1. The molecule has 0 aliphatic carbocycles. The molecule has 2 aliphatic rings. The molecule has 3 heterocycles. The Labute approximate surface area is 164 Å². The van der Waals surface area contributed by atoms with Crippen molar-refractivity contribution in [3.63, 3.8) is 0 Å². The SMILES string of the molecule is O=C(c1ccc(N2CCO[C@H](c3ccc(Cl)cc3)C2)nc1)N1CCCCC1. The molecular formula is C21H24ClN3O2. The lowest BCUT2D eigenvalue weighted by atomic mass is 10.1. The summed E-state index contributed by atoms with van der Waals surface area (Å²) in [5.41, 5.74) is 1.78. The number of rotatable bonds is 3. The molecule has 2 fully saturated rings. The van der Waals surface area contributed by atoms with Crippen LogP contribution in [0.4, 0.5) is 5.82 Å². The number of nitrogens with zero attached hydrogens (tertiary/aromatic N) is 3. The Kier molecular flexibility index (Phi) is 5.60. The third kappa shape index (κ3) is 4.25. The number of likely N-dealkylation sites (tertiary alicyclic amines) is 1. The highest BCUT2D eigenvalue weighted by Crippen LogP contribution is 2.26. The first-order chi connectivity index (χ1) is 13.2. The highest BCUT2D eigenvalue weighted by molar-refractivity contribution is 6.30. The van der Waals surface area contributed by atoms with Crippen LogP contribution >= 0.6 is 11.6 Å². The number of amides is 1. The van der Waals surface area contributed by atoms with Gasteiger partial charge < -0.3 is 14.5 Å². The highest BCUT2D eigenvalue weighted by atomic mass is 35.5. The van der Waals surface area contributed by atoms with Crippen molar-refractivity contribution in [3.05, 3.63) is 58.7 Å². The fourth-order valence-electron chi connectivity index (χ4n) is 3.72. The maximum absolute atomic E-state index is 12.6. The van der Waals surface area contributed by atoms with Crippen molar-refractivity contribution in [3.8, 4) is 0 Å². The van der Waals surface area contributed by atoms with Gasteiger partial charge in [-0.1, -0.05) is 23.7 Å². The van der Waals surface area contributed by atoms with Crippen LogP contribution in [0.1, 0.15) is 41.3 Å². The Bertz CT molecular complexity index is 773. The van der Waals surface area contributed by atoms with Crippen molar-refractivity contribution in [1.29, 1.82) is 0 Å². The van der Waals surface area contributed by atoms with E-state index in [1.807, 2.05) is 41.3 Å². The van der Waals surface area contributed by atoms with Crippen molar-refractivity contribution >= 4 is 23.3 Å². The van der Waals surface area contributed by atoms with E-state index in [2.05, 4.69) is 9.88 Å². The zero-order valence-electron chi connectivity index (χ0n) is 15.3. The Morgan fingerprint density at radius 2 is 1.81 bits per heavy atom. The van der Waals surface area contributed by atoms with Gasteiger partial charge in [0.05, 0.1) is 12.2 Å². The molecule has 0 spiro atoms. The third-order valence-electron chi connectivity index (χ3n) is 5.27. The quantitative estimate of drug-likeness (QED) is 0.802. The van der Waals surface area contributed by atoms with Crippen molar-refractivity contribution < 1.29 is 9.53 Å². The molecule has 0 saturated carbocycles. The van der Waals surface area contributed by atoms with Crippen LogP contribution in [0.2, 0.25) is 5.02 Å². The van der Waals surface area contributed by atoms with Crippen molar-refractivity contribution in [1.82, 2.24) is 9.88 Å². The Morgan fingerprint density at radius 3 is 2.52 bits per heavy atom. The van der Waals surface area contributed by atoms with Gasteiger partial charge in [0.15, 0.2) is 0 Å². The number of piperidine rings is 1. The number of morpholine rings is 1. The number of ether oxygens (including phenoxy) is 1. The lowest BCUT2D eigenvalue weighted by Gasteiger charge is -2.34. The van der Waals surface area contributed by atoms with E-state index in [-0.39, 0.29) is 12.0 Å². The molecule has 5 nitrogen and oxygen atoms in total. The summed E-state index contributed by atoms with van der Waals surface area (Å²) in [7, 11) is 0. The molecule has 2 aliphatic heterocycles. The predicted octanol–water partition coefficient (Wildman–Crippen LogP) is 3.94. The van der Waals surface area contributed by atoms with E-state index in [4.69, 9.17) is 16.3 Å². The average molecular weight is 386 g/mol. The van der Waals surface area contributed by atoms with Gasteiger partial charge in [-0.05, 0) is 49.1 Å². The Balaban J connectivity index is 1.43. The lowest BCUT2D eigenvalue weighted by Crippen LogP contribution is -2.39. The second kappa shape index (κ2) is 8.28. The van der Waals surface area contributed by atoms with Crippen molar-refractivity contribution in [2.75, 3.05) is 37.7 Å². The molecule has 2 aromatic rings. The molecule has 0 radical (unpaired) electrons. The summed E-state index contributed by atoms with van der Waals surface area (Å²) in [6, 6.07) is 11.6. The fourth-order valence-corrected chi connectivity index (χ4v) is 3.84. The number of carbonyl (C=O) groups is 1. The predicted molar refractivity (Wildman–Crippen MR) is 106 cm³/mol. The second-order valence-corrected chi connectivity index (χ2v) is 7.55. The number of hydrogen-bond acceptors (Lipinski definition) is 4. The molecular weight excluding hydrogens is 362 g/mol. The van der Waals surface area contributed by atoms with Crippen molar-refractivity contribution in [2.45, 2.75) is 25.4 Å². The largest absolute Gasteiger partial charge is 0.370 e. The lowest BCUT2D eigenvalue weighted by molar-refractivity contribution is 0.0395. The molecule has 1 aromatic heterocycles. The van der Waals surface area contributed by atoms with Gasteiger partial charge >= 0.3 is 0 Å². The number of halogens is 1. The molecule has 4 rings (SSSR count). The van der Waals surface area contributed by atoms with Crippen LogP contribution in [0.5, 0.6) is 0 Å². The molecule has 0 unspecified atom stereocenters. The van der Waals surface area contributed by atoms with Gasteiger partial charge in [0.2, 0.25) is 0 Å². The van der Waals surface area contributed by atoms with Crippen LogP contribution in [0.3, 0.4) is 0 Å². The van der Waals surface area contributed by atoms with Gasteiger partial charge in [-0.2, -0.15) is 0 Å². The highest BCUT2D eigenvalue weighted by Gasteiger charge is 2.24. The van der Waals surface area contributed by atoms with Gasteiger partial charge in [-0.25, -0.2) is 4.98 Å². The van der Waals surface area contributed by atoms with Crippen LogP contribution < -0.4 is 4.90 Å². The minimum Gasteiger partial charge on any atom is -0.370 e. The van der Waals surface area contributed by atoms with E-state index in [9.17, 15) is 4.79 Å². The summed E-state index contributed by atoms with van der Waals surface area (Å²) >= 11 is 5.98. The average Bonchev–Trinajstić information content (AvgIpc) is 2.75. The number of carbonyl (C=O) groups excluding carboxylic acids is 1. The van der Waals surface area contributed by atoms with Crippen molar-refractivity contribution in [2.24, 2.45) is 0 Å². The topological polar surface area (TPSA) is 45.7 Å². The number of anilines is 1. The summed E-state index contributed by atoms with van der Waals surface area (Å²) < 4.78 is 5.92. The zero-order valence-corrected chi connectivity index (χ0v) is 16.1. The normalized spacial score (nSPS) is 20.6. The van der Waals surface area contributed by atoms with E-state index in [1.165, 1.54) is 6.42 Å². The smallest absolute Gasteiger partial charge is 0.255 e. The molecule has 1 amide bonds. The van der Waals surface area contributed by atoms with Crippen LogP contribution in [0, 0.1) is 0 Å². The molecule has 0 bridgehead atoms. The Morgan fingerprint density at radius 1 is 1.04 bits per heavy atom. The van der Waals surface area contributed by atoms with Crippen LogP contribution in [-0.4, -0.2) is 48.6 Å². The number of pyridine rings is 1. The molecule has 0 N–H and O–H groups in total. The molecule has 1 aromatic carbocycles. The molecule has 1 atom stereocenters. The van der Waals surface area contributed by atoms with E-state index in [1.54, 1.807) is 6.20 Å². The molecule has 142 valence electrons. The monoisotopic (exact) mass is 385 g/mol. The second-order valence-electron chi connectivity index (χ2n) is 7.11. The summed E-state index contributed by atoms with van der Waals surface area (Å²) in [4.78, 5) is 21.3. The Hall–Kier alpha value is -2.11. The first-order valence-corrected chi connectivity index (χ1v) is 9.96. The number of aromatic nitrogens is 1. The first kappa shape index (κ1) is 18.3. The fraction of sp³-hybridized carbons (Fsp3) is 0.429. The summed E-state index contributed by atoms with van der Waals surface area (Å²) in [6.45, 7) is 3.87. The molecule has 27 heavy (non-hydrogen) atoms. The van der Waals surface area contributed by atoms with Crippen LogP contribution in [0.15, 0.2) is 42.6 Å². The maximum Gasteiger partial charge on any atom is 0.255 e. The zero-order chi connectivity index (χ0) is 18.6. The molecule has 2 saturated heterocycles. The van der Waals surface area contributed by atoms with Gasteiger partial charge in [0.1, 0.15) is 11.9 Å². The standard InChI is InChI=1S/C21H24ClN3O2/c22-18-7-4-16(5-8-18)19-15-25(12-13-27-19)20-9-6-17(14-23-20)21(26)24-10-2-1-3-11-24/h4-9,14,19H,1-3,10-13,15H2/t19-/m0/s1.